The van der Waals surface area contributed by atoms with Gasteiger partial charge in [-0.05, 0) is 106 Å². The van der Waals surface area contributed by atoms with Crippen molar-refractivity contribution in [3.63, 3.8) is 0 Å². The number of ether oxygens (including phenoxy) is 9. The van der Waals surface area contributed by atoms with E-state index >= 15 is 0 Å². The number of hydrogen-bond donors (Lipinski definition) is 17. The molecule has 3 aliphatic rings. The van der Waals surface area contributed by atoms with E-state index in [1.165, 1.54) is 14.0 Å². The zero-order chi connectivity index (χ0) is 91.4. The number of unbranched alkanes of at least 4 members (excludes halogenated alkanes) is 10. The van der Waals surface area contributed by atoms with Crippen LogP contribution >= 0.6 is 0 Å². The molecule has 6 heterocycles. The monoisotopic (exact) mass is 1800 g/mol. The summed E-state index contributed by atoms with van der Waals surface area (Å²) >= 11 is 0. The molecule has 17 N–H and O–H groups in total. The number of rotatable bonds is 60. The van der Waals surface area contributed by atoms with Gasteiger partial charge in [-0.3, -0.25) is 38.4 Å². The molecular weight excluding hydrogens is 1680 g/mol. The maximum Gasteiger partial charge on any atom is 0.303 e. The van der Waals surface area contributed by atoms with Gasteiger partial charge in [0.15, 0.2) is 0 Å². The number of nitrogens with one attached hydrogen (secondary N) is 7. The van der Waals surface area contributed by atoms with Crippen molar-refractivity contribution in [1.29, 1.82) is 0 Å². The van der Waals surface area contributed by atoms with Gasteiger partial charge in [0.1, 0.15) is 133 Å². The zero-order valence-corrected chi connectivity index (χ0v) is 71.8. The Balaban J connectivity index is 0.720. The highest BCUT2D eigenvalue weighted by atomic mass is 16.5. The van der Waals surface area contributed by atoms with Crippen LogP contribution in [0.4, 0.5) is 0 Å². The molecule has 3 aromatic heterocycles. The molecule has 7 amide bonds. The number of carbonyl (C=O) groups excluding carboxylic acids is 7. The highest BCUT2D eigenvalue weighted by Gasteiger charge is 2.43. The van der Waals surface area contributed by atoms with Crippen molar-refractivity contribution in [2.45, 2.75) is 220 Å². The van der Waals surface area contributed by atoms with Gasteiger partial charge >= 0.3 is 5.97 Å². The van der Waals surface area contributed by atoms with Crippen LogP contribution in [0.5, 0.6) is 17.2 Å². The zero-order valence-electron chi connectivity index (χ0n) is 71.8. The van der Waals surface area contributed by atoms with E-state index in [1.54, 1.807) is 91.4 Å². The highest BCUT2D eigenvalue weighted by molar-refractivity contribution is 5.95. The molecule has 706 valence electrons. The Morgan fingerprint density at radius 2 is 0.672 bits per heavy atom. The Hall–Kier alpha value is -10.4. The minimum absolute atomic E-state index is 0.00993. The number of benzene rings is 3. The summed E-state index contributed by atoms with van der Waals surface area (Å²) in [5.41, 5.74) is 0.822. The van der Waals surface area contributed by atoms with Crippen LogP contribution in [0.3, 0.4) is 0 Å². The lowest BCUT2D eigenvalue weighted by Crippen LogP contribution is -2.58. The van der Waals surface area contributed by atoms with E-state index in [2.05, 4.69) is 68.2 Å². The number of nitrogens with zero attached hydrogens (tertiary/aromatic N) is 9. The molecule has 1 unspecified atom stereocenters. The molecule has 0 radical (unpaired) electrons. The van der Waals surface area contributed by atoms with Crippen LogP contribution < -0.4 is 51.4 Å². The predicted octanol–water partition coefficient (Wildman–Crippen LogP) is -0.500. The van der Waals surface area contributed by atoms with Gasteiger partial charge in [-0.1, -0.05) is 72.4 Å². The van der Waals surface area contributed by atoms with Crippen molar-refractivity contribution >= 4 is 47.3 Å². The molecule has 3 aliphatic heterocycles. The fourth-order valence-electron chi connectivity index (χ4n) is 14.2. The van der Waals surface area contributed by atoms with Gasteiger partial charge in [-0.2, -0.15) is 0 Å². The second kappa shape index (κ2) is 54.8. The lowest BCUT2D eigenvalue weighted by molar-refractivity contribution is -0.171. The standard InChI is InChI=1S/C85H124N16O27/c102-44-68-79(114)76(111)65(50-126-68)99-41-59(93-96-99)47-123-62-21-15-18-56(38-62)82(117)89-32-12-9-29-86-71(105)26-35-120-53-85(92-74(108)24-7-5-3-1-2-4-6-8-25-75(109)110,54-121-36-27-72(106)87-30-10-13-33-90-83(118)57-19-16-22-63(39-57)124-48-60-42-100(97-94-60)66-51-127-69(45-103)80(115)77(66)112)55-122-37-28-73(107)88-31-11-14-34-91-84(119)58-20-17-23-64(40-58)125-49-61-43-101(98-95-61)67-52-128-70(46-104)81(116)78(67)113/h15-23,38-43,65-70,76-81,102-104,111-116H,1-14,24-37,44-55H2,(H,86,105)(H,87,106)(H,88,107)(H,89,117)(H,90,118)(H,91,119)(H,92,108)(H,109,110)/t65-,66-,67?,68+,69+,70+,76+,77+,78+,79-,80-,81-/m0/s1. The second-order valence-corrected chi connectivity index (χ2v) is 31.7. The molecule has 3 aromatic carbocycles. The maximum absolute atomic E-state index is 14.0. The van der Waals surface area contributed by atoms with Crippen LogP contribution in [-0.4, -0.2) is 322 Å². The summed E-state index contributed by atoms with van der Waals surface area (Å²) in [7, 11) is 0. The number of hydrogen-bond acceptors (Lipinski definition) is 32. The van der Waals surface area contributed by atoms with E-state index in [0.717, 1.165) is 38.5 Å². The van der Waals surface area contributed by atoms with Gasteiger partial charge in [0.2, 0.25) is 23.6 Å². The predicted molar refractivity (Wildman–Crippen MR) is 451 cm³/mol. The Morgan fingerprint density at radius 3 is 0.977 bits per heavy atom. The Morgan fingerprint density at radius 1 is 0.375 bits per heavy atom. The Kier molecular flexibility index (Phi) is 43.4. The van der Waals surface area contributed by atoms with Gasteiger partial charge in [-0.15, -0.1) is 15.3 Å². The smallest absolute Gasteiger partial charge is 0.303 e. The maximum atomic E-state index is 14.0. The first-order valence-electron chi connectivity index (χ1n) is 43.6. The molecule has 12 atom stereocenters. The normalized spacial score (nSPS) is 20.5. The summed E-state index contributed by atoms with van der Waals surface area (Å²) < 4.78 is 56.6. The molecule has 9 rings (SSSR count). The molecule has 0 saturated carbocycles. The summed E-state index contributed by atoms with van der Waals surface area (Å²) in [6, 6.07) is 17.4. The topological polar surface area (TPSA) is 598 Å². The first kappa shape index (κ1) is 101. The molecular formula is C85H124N16O27. The van der Waals surface area contributed by atoms with Crippen molar-refractivity contribution in [2.24, 2.45) is 0 Å². The summed E-state index contributed by atoms with van der Waals surface area (Å²) in [5.74, 6) is -2.08. The number of aliphatic hydroxyl groups excluding tert-OH is 9. The summed E-state index contributed by atoms with van der Waals surface area (Å²) in [6.45, 7) is -0.683. The van der Waals surface area contributed by atoms with E-state index in [0.29, 0.717) is 122 Å². The van der Waals surface area contributed by atoms with E-state index in [1.807, 2.05) is 0 Å². The Labute approximate surface area is 739 Å². The number of carbonyl (C=O) groups is 8. The number of aromatic nitrogens is 9. The van der Waals surface area contributed by atoms with Crippen LogP contribution in [-0.2, 0) is 72.2 Å². The van der Waals surface area contributed by atoms with Crippen LogP contribution in [0.2, 0.25) is 0 Å². The molecule has 0 aliphatic carbocycles. The van der Waals surface area contributed by atoms with E-state index in [9.17, 15) is 84.3 Å². The van der Waals surface area contributed by atoms with Crippen LogP contribution in [0.25, 0.3) is 0 Å². The summed E-state index contributed by atoms with van der Waals surface area (Å²) in [4.78, 5) is 104. The van der Waals surface area contributed by atoms with Gasteiger partial charge < -0.3 is 131 Å². The molecule has 0 spiro atoms. The fraction of sp³-hybridized carbons (Fsp3) is 0.624. The number of carboxylic acid groups (broad SMARTS) is 1. The lowest BCUT2D eigenvalue weighted by atomic mass is 9.98. The molecule has 6 aromatic rings. The first-order valence-corrected chi connectivity index (χ1v) is 43.6. The molecule has 43 nitrogen and oxygen atoms in total. The number of amides is 7. The third-order valence-electron chi connectivity index (χ3n) is 21.6. The fourth-order valence-corrected chi connectivity index (χ4v) is 14.2. The quantitative estimate of drug-likeness (QED) is 0.0214. The minimum Gasteiger partial charge on any atom is -0.487 e. The third kappa shape index (κ3) is 33.9. The van der Waals surface area contributed by atoms with E-state index < -0.39 is 104 Å². The molecule has 3 saturated heterocycles. The van der Waals surface area contributed by atoms with Crippen molar-refractivity contribution in [3.8, 4) is 17.2 Å². The van der Waals surface area contributed by atoms with Gasteiger partial charge in [-0.25, -0.2) is 14.0 Å². The van der Waals surface area contributed by atoms with Crippen LogP contribution in [0.15, 0.2) is 91.4 Å². The average molecular weight is 1800 g/mol. The van der Waals surface area contributed by atoms with Crippen molar-refractivity contribution in [3.05, 3.63) is 125 Å². The molecule has 0 bridgehead atoms. The lowest BCUT2D eigenvalue weighted by Gasteiger charge is -2.36. The minimum atomic E-state index is -1.40. The van der Waals surface area contributed by atoms with Crippen LogP contribution in [0, 0.1) is 0 Å². The molecule has 3 fully saturated rings. The Bertz CT molecular complexity index is 3980. The largest absolute Gasteiger partial charge is 0.487 e. The molecule has 43 heteroatoms. The van der Waals surface area contributed by atoms with Gasteiger partial charge in [0.25, 0.3) is 17.7 Å². The summed E-state index contributed by atoms with van der Waals surface area (Å²) in [5, 5.41) is 145. The van der Waals surface area contributed by atoms with E-state index in [-0.39, 0.29) is 172 Å². The molecule has 128 heavy (non-hydrogen) atoms. The van der Waals surface area contributed by atoms with E-state index in [4.69, 9.17) is 47.7 Å². The van der Waals surface area contributed by atoms with Crippen molar-refractivity contribution < 1.29 is 132 Å². The van der Waals surface area contributed by atoms with Gasteiger partial charge in [0, 0.05) is 88.1 Å². The van der Waals surface area contributed by atoms with Crippen LogP contribution in [0.1, 0.15) is 188 Å². The van der Waals surface area contributed by atoms with Gasteiger partial charge in [0.05, 0.1) is 97.9 Å². The SMILES string of the molecule is O=C(O)CCCCCCCCCCC(=O)NC(COCCC(=O)NCCCCNC(=O)c1cccc(OCc2cn(C3CO[C@H](CO)[C@H](O)[C@@H]3O)nn2)c1)(COCCC(=O)NCCCCNC(=O)c1cccc(OCc2cn([C@H]3CO[C@H](CO)[C@H](O)[C@@H]3O)nn2)c1)COCCC(=O)NCCCCNC(=O)c1cccc(OCc2cn([C@H]3CO[C@H](CO)[C@H](O)[C@@H]3O)nn2)c1. The highest BCUT2D eigenvalue weighted by Crippen LogP contribution is 2.29. The summed E-state index contributed by atoms with van der Waals surface area (Å²) in [6.07, 6.45) is 3.56. The number of carboxylic acids is 1. The van der Waals surface area contributed by atoms with Crippen molar-refractivity contribution in [2.75, 3.05) is 119 Å². The number of aliphatic hydroxyl groups is 9. The third-order valence-corrected chi connectivity index (χ3v) is 21.6. The number of aliphatic carboxylic acids is 1. The second-order valence-electron chi connectivity index (χ2n) is 31.7. The van der Waals surface area contributed by atoms with Crippen molar-refractivity contribution in [1.82, 2.24) is 82.2 Å². The first-order chi connectivity index (χ1) is 62.0. The average Bonchev–Trinajstić information content (AvgIpc) is 1.62.